The molecule has 0 aliphatic carbocycles. The van der Waals surface area contributed by atoms with Crippen LogP contribution < -0.4 is 15.1 Å². The Bertz CT molecular complexity index is 1110. The van der Waals surface area contributed by atoms with Crippen LogP contribution in [0.5, 0.6) is 5.75 Å². The second kappa shape index (κ2) is 10.3. The van der Waals surface area contributed by atoms with Crippen LogP contribution in [0.2, 0.25) is 0 Å². The molecule has 1 N–H and O–H groups in total. The summed E-state index contributed by atoms with van der Waals surface area (Å²) >= 11 is 1.21. The van der Waals surface area contributed by atoms with Gasteiger partial charge in [0.25, 0.3) is 11.8 Å². The lowest BCUT2D eigenvalue weighted by molar-refractivity contribution is -0.138. The molecule has 1 aromatic carbocycles. The Morgan fingerprint density at radius 1 is 1.15 bits per heavy atom. The van der Waals surface area contributed by atoms with Crippen LogP contribution in [0.25, 0.3) is 0 Å². The van der Waals surface area contributed by atoms with Crippen LogP contribution in [0.1, 0.15) is 82.2 Å². The molecule has 0 aliphatic rings. The average Bonchev–Trinajstić information content (AvgIpc) is 3.11. The number of hydrogen-bond acceptors (Lipinski definition) is 5. The highest BCUT2D eigenvalue weighted by atomic mass is 32.1. The van der Waals surface area contributed by atoms with Crippen LogP contribution in [-0.4, -0.2) is 21.6 Å². The Morgan fingerprint density at radius 3 is 2.32 bits per heavy atom. The number of carbonyl (C=O) groups excluding carboxylic acids is 2. The molecule has 0 spiro atoms. The number of halogens is 3. The molecule has 0 atom stereocenters. The van der Waals surface area contributed by atoms with E-state index >= 15 is 0 Å². The van der Waals surface area contributed by atoms with Crippen molar-refractivity contribution >= 4 is 23.2 Å². The van der Waals surface area contributed by atoms with Gasteiger partial charge in [-0.1, -0.05) is 66.2 Å². The summed E-state index contributed by atoms with van der Waals surface area (Å²) in [6.45, 7) is 13.4. The fourth-order valence-corrected chi connectivity index (χ4v) is 3.50. The van der Waals surface area contributed by atoms with Crippen molar-refractivity contribution in [1.29, 1.82) is 0 Å². The summed E-state index contributed by atoms with van der Waals surface area (Å²) in [5, 5.41) is 5.30. The van der Waals surface area contributed by atoms with Gasteiger partial charge in [-0.25, -0.2) is 4.68 Å². The predicted molar refractivity (Wildman–Crippen MR) is 123 cm³/mol. The van der Waals surface area contributed by atoms with Crippen molar-refractivity contribution in [3.05, 3.63) is 39.1 Å². The minimum atomic E-state index is -4.67. The van der Waals surface area contributed by atoms with Crippen LogP contribution >= 0.6 is 11.3 Å². The third kappa shape index (κ3) is 7.15. The van der Waals surface area contributed by atoms with Gasteiger partial charge in [-0.05, 0) is 24.6 Å². The zero-order chi connectivity index (χ0) is 25.9. The van der Waals surface area contributed by atoms with Crippen molar-refractivity contribution in [3.63, 3.8) is 0 Å². The minimum absolute atomic E-state index is 0.236. The number of alkyl halides is 3. The molecule has 34 heavy (non-hydrogen) atoms. The summed E-state index contributed by atoms with van der Waals surface area (Å²) < 4.78 is 41.6. The molecule has 0 saturated carbocycles. The molecule has 7 nitrogen and oxygen atoms in total. The number of carbonyl (C=O) groups is 2. The molecule has 0 fully saturated rings. The highest BCUT2D eigenvalue weighted by molar-refractivity contribution is 7.09. The predicted octanol–water partition coefficient (Wildman–Crippen LogP) is 5.26. The molecule has 2 amide bonds. The van der Waals surface area contributed by atoms with E-state index in [1.807, 2.05) is 27.7 Å². The Balaban J connectivity index is 2.55. The lowest BCUT2D eigenvalue weighted by atomic mass is 9.96. The monoisotopic (exact) mass is 500 g/mol. The molecule has 1 heterocycles. The maximum Gasteiger partial charge on any atom is 0.416 e. The van der Waals surface area contributed by atoms with Crippen molar-refractivity contribution in [2.24, 2.45) is 10.4 Å². The number of benzene rings is 1. The Morgan fingerprint density at radius 2 is 1.79 bits per heavy atom. The van der Waals surface area contributed by atoms with Crippen LogP contribution in [-0.2, 0) is 22.9 Å². The second-order valence-corrected chi connectivity index (χ2v) is 10.9. The minimum Gasteiger partial charge on any atom is -0.379 e. The number of rotatable bonds is 6. The van der Waals surface area contributed by atoms with Gasteiger partial charge in [0.05, 0.1) is 11.1 Å². The Labute approximate surface area is 201 Å². The zero-order valence-electron chi connectivity index (χ0n) is 20.5. The molecule has 2 rings (SSSR count). The normalized spacial score (nSPS) is 13.2. The number of aryl methyl sites for hydroxylation is 1. The number of unbranched alkanes of at least 4 members (excludes halogenated alkanes) is 1. The summed E-state index contributed by atoms with van der Waals surface area (Å²) in [7, 11) is 0. The van der Waals surface area contributed by atoms with E-state index < -0.39 is 34.5 Å². The van der Waals surface area contributed by atoms with Crippen LogP contribution in [0, 0.1) is 5.41 Å². The molecule has 188 valence electrons. The molecule has 0 unspecified atom stereocenters. The topological polar surface area (TPSA) is 85.6 Å². The summed E-state index contributed by atoms with van der Waals surface area (Å²) in [5.74, 6) is -1.67. The van der Waals surface area contributed by atoms with Gasteiger partial charge in [0.2, 0.25) is 4.80 Å². The van der Waals surface area contributed by atoms with Gasteiger partial charge in [0.15, 0.2) is 5.75 Å². The number of nitrogens with zero attached hydrogens (tertiary/aromatic N) is 3. The van der Waals surface area contributed by atoms with Crippen molar-refractivity contribution in [3.8, 4) is 5.75 Å². The lowest BCUT2D eigenvalue weighted by Crippen LogP contribution is -2.37. The SMILES string of the molecule is CCCCn1nc(C(C)(C)C)sc1=NC(=O)c1cc(C(F)(F)F)ccc1ONC(=O)C(C)(C)C. The first-order valence-electron chi connectivity index (χ1n) is 10.9. The highest BCUT2D eigenvalue weighted by Gasteiger charge is 2.32. The van der Waals surface area contributed by atoms with Crippen LogP contribution in [0.15, 0.2) is 23.2 Å². The van der Waals surface area contributed by atoms with Crippen LogP contribution in [0.4, 0.5) is 13.2 Å². The van der Waals surface area contributed by atoms with E-state index in [0.717, 1.165) is 30.0 Å². The van der Waals surface area contributed by atoms with Gasteiger partial charge in [-0.15, -0.1) is 0 Å². The highest BCUT2D eigenvalue weighted by Crippen LogP contribution is 2.33. The fraction of sp³-hybridized carbons (Fsp3) is 0.565. The summed E-state index contributed by atoms with van der Waals surface area (Å²) in [6, 6.07) is 2.45. The molecule has 0 aliphatic heterocycles. The molecule has 0 bridgehead atoms. The first-order chi connectivity index (χ1) is 15.5. The van der Waals surface area contributed by atoms with Crippen molar-refractivity contribution < 1.29 is 27.6 Å². The maximum atomic E-state index is 13.3. The molecule has 2 aromatic rings. The lowest BCUT2D eigenvalue weighted by Gasteiger charge is -2.18. The number of amides is 2. The number of hydrogen-bond donors (Lipinski definition) is 1. The fourth-order valence-electron chi connectivity index (χ4n) is 2.51. The Hall–Kier alpha value is -2.69. The number of nitrogens with one attached hydrogen (secondary N) is 1. The first kappa shape index (κ1) is 27.6. The first-order valence-corrected chi connectivity index (χ1v) is 11.7. The Kier molecular flexibility index (Phi) is 8.34. The van der Waals surface area contributed by atoms with E-state index in [4.69, 9.17) is 4.84 Å². The molecular weight excluding hydrogens is 469 g/mol. The standard InChI is InChI=1S/C23H31F3N4O3S/c1-8-9-12-30-20(34-19(28-30)22(5,6)7)27-17(31)15-13-14(23(24,25)26)10-11-16(15)33-29-18(32)21(2,3)4/h10-11,13H,8-9,12H2,1-7H3,(H,29,32). The van der Waals surface area contributed by atoms with E-state index in [2.05, 4.69) is 15.6 Å². The average molecular weight is 501 g/mol. The molecule has 1 aromatic heterocycles. The van der Waals surface area contributed by atoms with E-state index in [0.29, 0.717) is 12.6 Å². The van der Waals surface area contributed by atoms with Crippen molar-refractivity contribution in [2.75, 3.05) is 0 Å². The zero-order valence-corrected chi connectivity index (χ0v) is 21.3. The summed E-state index contributed by atoms with van der Waals surface area (Å²) in [4.78, 5) is 34.8. The molecule has 0 saturated heterocycles. The van der Waals surface area contributed by atoms with E-state index in [-0.39, 0.29) is 16.0 Å². The summed E-state index contributed by atoms with van der Waals surface area (Å²) in [6.07, 6.45) is -2.99. The van der Waals surface area contributed by atoms with Gasteiger partial charge in [0.1, 0.15) is 5.01 Å². The molecular formula is C23H31F3N4O3S. The van der Waals surface area contributed by atoms with Gasteiger partial charge in [-0.2, -0.15) is 28.7 Å². The van der Waals surface area contributed by atoms with Gasteiger partial charge in [0, 0.05) is 17.4 Å². The van der Waals surface area contributed by atoms with Crippen molar-refractivity contribution in [1.82, 2.24) is 15.3 Å². The third-order valence-corrected chi connectivity index (χ3v) is 6.03. The maximum absolute atomic E-state index is 13.3. The molecule has 11 heteroatoms. The number of aromatic nitrogens is 2. The van der Waals surface area contributed by atoms with E-state index in [1.165, 1.54) is 11.3 Å². The third-order valence-electron chi connectivity index (χ3n) is 4.65. The summed E-state index contributed by atoms with van der Waals surface area (Å²) in [5.41, 5.74) is -0.360. The molecule has 0 radical (unpaired) electrons. The van der Waals surface area contributed by atoms with E-state index in [9.17, 15) is 22.8 Å². The second-order valence-electron chi connectivity index (χ2n) is 9.93. The van der Waals surface area contributed by atoms with Gasteiger partial charge in [-0.3, -0.25) is 9.59 Å². The largest absolute Gasteiger partial charge is 0.416 e. The van der Waals surface area contributed by atoms with Gasteiger partial charge < -0.3 is 4.84 Å². The number of hydroxylamine groups is 1. The van der Waals surface area contributed by atoms with Crippen molar-refractivity contribution in [2.45, 2.75) is 79.4 Å². The van der Waals surface area contributed by atoms with Crippen LogP contribution in [0.3, 0.4) is 0 Å². The van der Waals surface area contributed by atoms with E-state index in [1.54, 1.807) is 25.5 Å². The van der Waals surface area contributed by atoms with Gasteiger partial charge >= 0.3 is 6.18 Å². The smallest absolute Gasteiger partial charge is 0.379 e. The quantitative estimate of drug-likeness (QED) is 0.549.